The zero-order valence-corrected chi connectivity index (χ0v) is 12.2. The Balaban J connectivity index is 2.12. The van der Waals surface area contributed by atoms with Crippen LogP contribution < -0.4 is 0 Å². The van der Waals surface area contributed by atoms with Gasteiger partial charge in [-0.1, -0.05) is 11.8 Å². The van der Waals surface area contributed by atoms with Crippen LogP contribution in [-0.4, -0.2) is 29.6 Å². The van der Waals surface area contributed by atoms with Crippen LogP contribution in [0.1, 0.15) is 25.9 Å². The molecule has 0 spiro atoms. The van der Waals surface area contributed by atoms with Crippen LogP contribution in [-0.2, 0) is 6.54 Å². The van der Waals surface area contributed by atoms with Gasteiger partial charge in [-0.25, -0.2) is 0 Å². The van der Waals surface area contributed by atoms with Crippen LogP contribution in [0.15, 0.2) is 28.9 Å². The molecule has 2 aromatic heterocycles. The zero-order chi connectivity index (χ0) is 14.5. The molecule has 2 aromatic rings. The highest BCUT2D eigenvalue weighted by Crippen LogP contribution is 2.22. The van der Waals surface area contributed by atoms with Crippen LogP contribution in [0.25, 0.3) is 0 Å². The minimum absolute atomic E-state index is 0.0634. The fourth-order valence-electron chi connectivity index (χ4n) is 1.73. The van der Waals surface area contributed by atoms with Crippen molar-refractivity contribution in [3.63, 3.8) is 0 Å². The lowest BCUT2D eigenvalue weighted by Crippen LogP contribution is -2.25. The molecule has 4 nitrogen and oxygen atoms in total. The van der Waals surface area contributed by atoms with Crippen molar-refractivity contribution in [3.05, 3.63) is 45.5 Å². The van der Waals surface area contributed by atoms with Crippen molar-refractivity contribution in [3.8, 4) is 11.8 Å². The van der Waals surface area contributed by atoms with E-state index >= 15 is 0 Å². The minimum Gasteiger partial charge on any atom is -0.467 e. The first-order chi connectivity index (χ1) is 9.61. The monoisotopic (exact) mass is 289 g/mol. The summed E-state index contributed by atoms with van der Waals surface area (Å²) in [6, 6.07) is 5.46. The van der Waals surface area contributed by atoms with Crippen LogP contribution in [0.5, 0.6) is 0 Å². The fourth-order valence-corrected chi connectivity index (χ4v) is 2.77. The van der Waals surface area contributed by atoms with Crippen LogP contribution >= 0.6 is 11.3 Å². The number of hydrogen-bond donors (Lipinski definition) is 1. The van der Waals surface area contributed by atoms with Gasteiger partial charge in [0.05, 0.1) is 22.6 Å². The highest BCUT2D eigenvalue weighted by molar-refractivity contribution is 7.14. The molecule has 1 amide bonds. The van der Waals surface area contributed by atoms with Gasteiger partial charge in [-0.3, -0.25) is 4.79 Å². The number of carbonyl (C=O) groups is 1. The molecular weight excluding hydrogens is 274 g/mol. The lowest BCUT2D eigenvalue weighted by Gasteiger charge is -2.14. The summed E-state index contributed by atoms with van der Waals surface area (Å²) in [7, 11) is 1.74. The molecule has 5 heteroatoms. The molecule has 0 aliphatic heterocycles. The predicted molar refractivity (Wildman–Crippen MR) is 77.5 cm³/mol. The number of carbonyl (C=O) groups excluding carboxylic acids is 1. The molecule has 2 heterocycles. The van der Waals surface area contributed by atoms with E-state index in [-0.39, 0.29) is 12.5 Å². The molecule has 0 aliphatic carbocycles. The maximum Gasteiger partial charge on any atom is 0.264 e. The van der Waals surface area contributed by atoms with E-state index in [0.717, 1.165) is 16.2 Å². The molecule has 0 saturated carbocycles. The maximum atomic E-state index is 12.3. The summed E-state index contributed by atoms with van der Waals surface area (Å²) < 4.78 is 5.23. The van der Waals surface area contributed by atoms with Crippen molar-refractivity contribution in [1.29, 1.82) is 0 Å². The van der Waals surface area contributed by atoms with Gasteiger partial charge in [0, 0.05) is 7.05 Å². The molecule has 0 radical (unpaired) electrons. The lowest BCUT2D eigenvalue weighted by molar-refractivity contribution is 0.0780. The van der Waals surface area contributed by atoms with Gasteiger partial charge >= 0.3 is 0 Å². The quantitative estimate of drug-likeness (QED) is 0.882. The predicted octanol–water partition coefficient (Wildman–Crippen LogP) is 2.27. The van der Waals surface area contributed by atoms with E-state index in [1.54, 1.807) is 24.3 Å². The van der Waals surface area contributed by atoms with Crippen molar-refractivity contribution in [2.75, 3.05) is 13.7 Å². The number of nitrogens with zero attached hydrogens (tertiary/aromatic N) is 1. The van der Waals surface area contributed by atoms with E-state index < -0.39 is 0 Å². The van der Waals surface area contributed by atoms with Crippen LogP contribution in [0.3, 0.4) is 0 Å². The van der Waals surface area contributed by atoms with Gasteiger partial charge < -0.3 is 14.4 Å². The lowest BCUT2D eigenvalue weighted by atomic mass is 10.2. The Hall–Kier alpha value is -2.03. The van der Waals surface area contributed by atoms with Crippen LogP contribution in [0, 0.1) is 18.8 Å². The van der Waals surface area contributed by atoms with Gasteiger partial charge in [-0.15, -0.1) is 11.3 Å². The van der Waals surface area contributed by atoms with E-state index in [1.807, 2.05) is 19.1 Å². The number of amides is 1. The standard InChI is InChI=1S/C15H15NO3S/c1-11-9-14(20-13(11)6-3-7-17)15(18)16(2)10-12-5-4-8-19-12/h4-5,8-9,17H,7,10H2,1-2H3. The van der Waals surface area contributed by atoms with E-state index in [2.05, 4.69) is 11.8 Å². The Morgan fingerprint density at radius 3 is 3.00 bits per heavy atom. The third kappa shape index (κ3) is 3.29. The average molecular weight is 289 g/mol. The number of hydrogen-bond acceptors (Lipinski definition) is 4. The molecule has 20 heavy (non-hydrogen) atoms. The van der Waals surface area contributed by atoms with Gasteiger partial charge in [0.1, 0.15) is 12.4 Å². The molecule has 0 bridgehead atoms. The number of aryl methyl sites for hydroxylation is 1. The van der Waals surface area contributed by atoms with Gasteiger partial charge in [0.2, 0.25) is 0 Å². The molecule has 0 aromatic carbocycles. The fraction of sp³-hybridized carbons (Fsp3) is 0.267. The van der Waals surface area contributed by atoms with Crippen molar-refractivity contribution in [1.82, 2.24) is 4.90 Å². The topological polar surface area (TPSA) is 53.7 Å². The van der Waals surface area contributed by atoms with Crippen LogP contribution in [0.2, 0.25) is 0 Å². The van der Waals surface area contributed by atoms with Crippen LogP contribution in [0.4, 0.5) is 0 Å². The molecule has 0 aliphatic rings. The number of aliphatic hydroxyl groups is 1. The van der Waals surface area contributed by atoms with E-state index in [4.69, 9.17) is 9.52 Å². The normalized spacial score (nSPS) is 9.95. The molecule has 0 fully saturated rings. The summed E-state index contributed by atoms with van der Waals surface area (Å²) in [5, 5.41) is 8.71. The molecule has 0 saturated heterocycles. The van der Waals surface area contributed by atoms with Gasteiger partial charge in [0.25, 0.3) is 5.91 Å². The third-order valence-electron chi connectivity index (χ3n) is 2.73. The average Bonchev–Trinajstić information content (AvgIpc) is 3.05. The van der Waals surface area contributed by atoms with Gasteiger partial charge in [-0.05, 0) is 30.7 Å². The largest absolute Gasteiger partial charge is 0.467 e. The summed E-state index contributed by atoms with van der Waals surface area (Å²) in [4.78, 5) is 15.4. The Morgan fingerprint density at radius 1 is 1.55 bits per heavy atom. The maximum absolute atomic E-state index is 12.3. The molecule has 0 unspecified atom stereocenters. The van der Waals surface area contributed by atoms with Crippen molar-refractivity contribution >= 4 is 17.2 Å². The number of aliphatic hydroxyl groups excluding tert-OH is 1. The smallest absolute Gasteiger partial charge is 0.264 e. The summed E-state index contributed by atoms with van der Waals surface area (Å²) in [6.45, 7) is 2.15. The third-order valence-corrected chi connectivity index (χ3v) is 3.87. The number of rotatable bonds is 3. The van der Waals surface area contributed by atoms with E-state index in [0.29, 0.717) is 11.4 Å². The minimum atomic E-state index is -0.182. The number of furan rings is 1. The molecular formula is C15H15NO3S. The van der Waals surface area contributed by atoms with Crippen molar-refractivity contribution < 1.29 is 14.3 Å². The first-order valence-corrected chi connectivity index (χ1v) is 6.91. The zero-order valence-electron chi connectivity index (χ0n) is 11.3. The van der Waals surface area contributed by atoms with Crippen molar-refractivity contribution in [2.45, 2.75) is 13.5 Å². The summed E-state index contributed by atoms with van der Waals surface area (Å²) in [5.41, 5.74) is 0.950. The van der Waals surface area contributed by atoms with Gasteiger partial charge in [0.15, 0.2) is 0 Å². The van der Waals surface area contributed by atoms with Gasteiger partial charge in [-0.2, -0.15) is 0 Å². The summed E-state index contributed by atoms with van der Waals surface area (Å²) in [6.07, 6.45) is 1.59. The molecule has 104 valence electrons. The molecule has 1 N–H and O–H groups in total. The summed E-state index contributed by atoms with van der Waals surface area (Å²) >= 11 is 1.34. The molecule has 2 rings (SSSR count). The Kier molecular flexibility index (Phi) is 4.61. The highest BCUT2D eigenvalue weighted by atomic mass is 32.1. The van der Waals surface area contributed by atoms with E-state index in [9.17, 15) is 4.79 Å². The molecule has 0 atom stereocenters. The first-order valence-electron chi connectivity index (χ1n) is 6.10. The summed E-state index contributed by atoms with van der Waals surface area (Å²) in [5.74, 6) is 6.13. The second kappa shape index (κ2) is 6.42. The Morgan fingerprint density at radius 2 is 2.35 bits per heavy atom. The van der Waals surface area contributed by atoms with Crippen molar-refractivity contribution in [2.24, 2.45) is 0 Å². The SMILES string of the molecule is Cc1cc(C(=O)N(C)Cc2ccco2)sc1C#CCO. The van der Waals surface area contributed by atoms with E-state index in [1.165, 1.54) is 11.3 Å². The first kappa shape index (κ1) is 14.4. The second-order valence-corrected chi connectivity index (χ2v) is 5.38. The highest BCUT2D eigenvalue weighted by Gasteiger charge is 2.16. The second-order valence-electron chi connectivity index (χ2n) is 4.32. The number of thiophene rings is 1. The Labute approximate surface area is 121 Å². The Bertz CT molecular complexity index is 646.